The maximum atomic E-state index is 13.0. The van der Waals surface area contributed by atoms with E-state index >= 15 is 0 Å². The maximum Gasteiger partial charge on any atom is 0.255 e. The number of carbonyl (C=O) groups is 2. The first kappa shape index (κ1) is 21.7. The second-order valence-electron chi connectivity index (χ2n) is 8.02. The molecule has 6 heteroatoms. The van der Waals surface area contributed by atoms with E-state index in [1.54, 1.807) is 30.6 Å². The molecular weight excluding hydrogens is 376 g/mol. The van der Waals surface area contributed by atoms with Crippen LogP contribution in [0.25, 0.3) is 0 Å². The van der Waals surface area contributed by atoms with E-state index < -0.39 is 0 Å². The number of allylic oxidation sites excluding steroid dienone is 1. The lowest BCUT2D eigenvalue weighted by Crippen LogP contribution is -2.44. The number of nitrogens with zero attached hydrogens (tertiary/aromatic N) is 2. The van der Waals surface area contributed by atoms with Gasteiger partial charge in [0, 0.05) is 43.6 Å². The molecule has 1 saturated heterocycles. The number of piperidine rings is 1. The van der Waals surface area contributed by atoms with Crippen LogP contribution in [-0.4, -0.2) is 47.4 Å². The molecule has 0 aliphatic carbocycles. The second-order valence-corrected chi connectivity index (χ2v) is 8.02. The molecule has 6 nitrogen and oxygen atoms in total. The van der Waals surface area contributed by atoms with E-state index in [0.29, 0.717) is 16.8 Å². The van der Waals surface area contributed by atoms with Crippen LogP contribution in [0.4, 0.5) is 5.69 Å². The van der Waals surface area contributed by atoms with Gasteiger partial charge in [-0.1, -0.05) is 23.8 Å². The van der Waals surface area contributed by atoms with Gasteiger partial charge in [0.15, 0.2) is 0 Å². The van der Waals surface area contributed by atoms with Gasteiger partial charge in [0.25, 0.3) is 11.8 Å². The molecule has 0 unspecified atom stereocenters. The van der Waals surface area contributed by atoms with Gasteiger partial charge in [-0.15, -0.1) is 0 Å². The van der Waals surface area contributed by atoms with Crippen LogP contribution in [0, 0.1) is 6.92 Å². The molecule has 0 spiro atoms. The zero-order valence-corrected chi connectivity index (χ0v) is 17.9. The molecular formula is C24H30N4O2. The van der Waals surface area contributed by atoms with Crippen molar-refractivity contribution < 1.29 is 9.59 Å². The summed E-state index contributed by atoms with van der Waals surface area (Å²) >= 11 is 0. The minimum absolute atomic E-state index is 0.143. The molecule has 0 atom stereocenters. The fourth-order valence-electron chi connectivity index (χ4n) is 3.55. The number of carbonyl (C=O) groups excluding carboxylic acids is 2. The molecule has 2 amide bonds. The highest BCUT2D eigenvalue weighted by molar-refractivity contribution is 6.09. The topological polar surface area (TPSA) is 74.3 Å². The van der Waals surface area contributed by atoms with E-state index in [1.807, 2.05) is 19.1 Å². The quantitative estimate of drug-likeness (QED) is 0.716. The van der Waals surface area contributed by atoms with Crippen molar-refractivity contribution >= 4 is 17.5 Å². The van der Waals surface area contributed by atoms with Crippen LogP contribution in [0.5, 0.6) is 0 Å². The Labute approximate surface area is 178 Å². The van der Waals surface area contributed by atoms with E-state index in [2.05, 4.69) is 40.4 Å². The van der Waals surface area contributed by atoms with Gasteiger partial charge < -0.3 is 10.6 Å². The fraction of sp³-hybridized carbons (Fsp3) is 0.375. The molecule has 1 fully saturated rings. The molecule has 0 radical (unpaired) electrons. The third kappa shape index (κ3) is 5.76. The summed E-state index contributed by atoms with van der Waals surface area (Å²) in [6, 6.07) is 8.93. The molecule has 1 aromatic carbocycles. The number of hydrogen-bond acceptors (Lipinski definition) is 4. The highest BCUT2D eigenvalue weighted by Gasteiger charge is 2.22. The molecule has 30 heavy (non-hydrogen) atoms. The van der Waals surface area contributed by atoms with Gasteiger partial charge in [0.1, 0.15) is 0 Å². The van der Waals surface area contributed by atoms with Crippen molar-refractivity contribution in [3.63, 3.8) is 0 Å². The first-order chi connectivity index (χ1) is 14.4. The normalized spacial score (nSPS) is 14.8. The van der Waals surface area contributed by atoms with E-state index in [0.717, 1.165) is 38.0 Å². The van der Waals surface area contributed by atoms with Crippen molar-refractivity contribution in [2.45, 2.75) is 39.7 Å². The number of aryl methyl sites for hydroxylation is 1. The fourth-order valence-corrected chi connectivity index (χ4v) is 3.55. The van der Waals surface area contributed by atoms with E-state index in [1.165, 1.54) is 5.57 Å². The maximum absolute atomic E-state index is 13.0. The number of likely N-dealkylation sites (tertiary alicyclic amines) is 1. The minimum Gasteiger partial charge on any atom is -0.349 e. The monoisotopic (exact) mass is 406 g/mol. The van der Waals surface area contributed by atoms with E-state index in [4.69, 9.17) is 0 Å². The average Bonchev–Trinajstić information content (AvgIpc) is 2.75. The SMILES string of the molecule is CC(C)=CCN1CCC(NC(=O)c2cccc(C)c2NC(=O)c2ccncc2)CC1. The Morgan fingerprint density at radius 2 is 1.80 bits per heavy atom. The van der Waals surface area contributed by atoms with Crippen molar-refractivity contribution in [2.24, 2.45) is 0 Å². The zero-order chi connectivity index (χ0) is 21.5. The van der Waals surface area contributed by atoms with Gasteiger partial charge in [-0.2, -0.15) is 0 Å². The average molecular weight is 407 g/mol. The zero-order valence-electron chi connectivity index (χ0n) is 17.9. The van der Waals surface area contributed by atoms with E-state index in [-0.39, 0.29) is 17.9 Å². The number of hydrogen-bond donors (Lipinski definition) is 2. The van der Waals surface area contributed by atoms with Crippen LogP contribution in [0.1, 0.15) is 53.0 Å². The lowest BCUT2D eigenvalue weighted by molar-refractivity contribution is 0.0915. The van der Waals surface area contributed by atoms with Crippen molar-refractivity contribution in [3.05, 3.63) is 71.1 Å². The molecule has 2 aromatic rings. The summed E-state index contributed by atoms with van der Waals surface area (Å²) in [5, 5.41) is 6.06. The first-order valence-electron chi connectivity index (χ1n) is 10.4. The summed E-state index contributed by atoms with van der Waals surface area (Å²) in [4.78, 5) is 31.9. The molecule has 1 aromatic heterocycles. The van der Waals surface area contributed by atoms with Gasteiger partial charge in [-0.25, -0.2) is 0 Å². The van der Waals surface area contributed by atoms with Gasteiger partial charge in [-0.3, -0.25) is 19.5 Å². The van der Waals surface area contributed by atoms with Crippen molar-refractivity contribution in [2.75, 3.05) is 25.0 Å². The largest absolute Gasteiger partial charge is 0.349 e. The van der Waals surface area contributed by atoms with Gasteiger partial charge in [0.2, 0.25) is 0 Å². The molecule has 2 N–H and O–H groups in total. The number of aromatic nitrogens is 1. The van der Waals surface area contributed by atoms with Crippen molar-refractivity contribution in [1.82, 2.24) is 15.2 Å². The highest BCUT2D eigenvalue weighted by Crippen LogP contribution is 2.22. The van der Waals surface area contributed by atoms with Crippen LogP contribution in [0.15, 0.2) is 54.4 Å². The number of pyridine rings is 1. The number of nitrogens with one attached hydrogen (secondary N) is 2. The number of benzene rings is 1. The summed E-state index contributed by atoms with van der Waals surface area (Å²) < 4.78 is 0. The summed E-state index contributed by atoms with van der Waals surface area (Å²) in [7, 11) is 0. The number of amides is 2. The Bertz CT molecular complexity index is 912. The molecule has 158 valence electrons. The summed E-state index contributed by atoms with van der Waals surface area (Å²) in [6.07, 6.45) is 7.23. The van der Waals surface area contributed by atoms with Gasteiger partial charge in [0.05, 0.1) is 11.3 Å². The third-order valence-electron chi connectivity index (χ3n) is 5.38. The lowest BCUT2D eigenvalue weighted by Gasteiger charge is -2.32. The highest BCUT2D eigenvalue weighted by atomic mass is 16.2. The Kier molecular flexibility index (Phi) is 7.36. The Morgan fingerprint density at radius 1 is 1.10 bits per heavy atom. The van der Waals surface area contributed by atoms with Crippen LogP contribution < -0.4 is 10.6 Å². The molecule has 1 aliphatic heterocycles. The van der Waals surface area contributed by atoms with Crippen LogP contribution in [0.3, 0.4) is 0 Å². The Morgan fingerprint density at radius 3 is 2.47 bits per heavy atom. The van der Waals surface area contributed by atoms with E-state index in [9.17, 15) is 9.59 Å². The Hall–Kier alpha value is -2.99. The summed E-state index contributed by atoms with van der Waals surface area (Å²) in [5.74, 6) is -0.403. The molecule has 3 rings (SSSR count). The molecule has 1 aliphatic rings. The van der Waals surface area contributed by atoms with Gasteiger partial charge in [-0.05, 0) is 57.4 Å². The number of anilines is 1. The standard InChI is InChI=1S/C24H30N4O2/c1-17(2)9-14-28-15-10-20(11-16-28)26-24(30)21-6-4-5-18(3)22(21)27-23(29)19-7-12-25-13-8-19/h4-9,12-13,20H,10-11,14-16H2,1-3H3,(H,26,30)(H,27,29). The van der Waals surface area contributed by atoms with Crippen LogP contribution >= 0.6 is 0 Å². The molecule has 0 bridgehead atoms. The minimum atomic E-state index is -0.256. The van der Waals surface area contributed by atoms with Crippen LogP contribution in [-0.2, 0) is 0 Å². The number of rotatable bonds is 6. The first-order valence-corrected chi connectivity index (χ1v) is 10.4. The Balaban J connectivity index is 1.65. The summed E-state index contributed by atoms with van der Waals surface area (Å²) in [6.45, 7) is 9.01. The van der Waals surface area contributed by atoms with Crippen molar-refractivity contribution in [1.29, 1.82) is 0 Å². The van der Waals surface area contributed by atoms with Gasteiger partial charge >= 0.3 is 0 Å². The molecule has 2 heterocycles. The summed E-state index contributed by atoms with van der Waals surface area (Å²) in [5.41, 5.74) is 3.72. The van der Waals surface area contributed by atoms with Crippen LogP contribution in [0.2, 0.25) is 0 Å². The molecule has 0 saturated carbocycles. The lowest BCUT2D eigenvalue weighted by atomic mass is 10.0. The second kappa shape index (κ2) is 10.2. The smallest absolute Gasteiger partial charge is 0.255 e. The predicted molar refractivity (Wildman–Crippen MR) is 120 cm³/mol. The third-order valence-corrected chi connectivity index (χ3v) is 5.38. The van der Waals surface area contributed by atoms with Crippen molar-refractivity contribution in [3.8, 4) is 0 Å². The number of para-hydroxylation sites is 1. The predicted octanol–water partition coefficient (Wildman–Crippen LogP) is 3.80.